The lowest BCUT2D eigenvalue weighted by Crippen LogP contribution is -2.31. The summed E-state index contributed by atoms with van der Waals surface area (Å²) in [7, 11) is -3.61. The van der Waals surface area contributed by atoms with Crippen LogP contribution in [0, 0.1) is 11.7 Å². The van der Waals surface area contributed by atoms with Crippen molar-refractivity contribution in [1.82, 2.24) is 4.72 Å². The molecule has 8 heteroatoms. The number of sulfonamides is 1. The van der Waals surface area contributed by atoms with E-state index >= 15 is 0 Å². The molecule has 0 spiro atoms. The molecule has 2 aromatic carbocycles. The minimum Gasteiger partial charge on any atom is -0.371 e. The van der Waals surface area contributed by atoms with Gasteiger partial charge in [-0.3, -0.25) is 4.79 Å². The van der Waals surface area contributed by atoms with Crippen LogP contribution >= 0.6 is 0 Å². The van der Waals surface area contributed by atoms with Gasteiger partial charge in [0.05, 0.1) is 4.90 Å². The number of halogens is 1. The standard InChI is InChI=1S/C19H22FN3O3S/c1-14(24)22-17-4-8-19(9-5-17)27(25,26)21-12-15-10-11-23(13-15)18-6-2-16(20)3-7-18/h2-9,15,21H,10-13H2,1H3,(H,22,24). The predicted molar refractivity (Wildman–Crippen MR) is 103 cm³/mol. The van der Waals surface area contributed by atoms with Crippen molar-refractivity contribution in [2.24, 2.45) is 5.92 Å². The van der Waals surface area contributed by atoms with Crippen LogP contribution < -0.4 is 14.9 Å². The summed E-state index contributed by atoms with van der Waals surface area (Å²) in [5.74, 6) is -0.300. The molecule has 1 aliphatic heterocycles. The lowest BCUT2D eigenvalue weighted by atomic mass is 10.1. The van der Waals surface area contributed by atoms with E-state index in [-0.39, 0.29) is 22.5 Å². The van der Waals surface area contributed by atoms with Crippen LogP contribution in [0.25, 0.3) is 0 Å². The van der Waals surface area contributed by atoms with Gasteiger partial charge >= 0.3 is 0 Å². The highest BCUT2D eigenvalue weighted by atomic mass is 32.2. The summed E-state index contributed by atoms with van der Waals surface area (Å²) < 4.78 is 40.6. The summed E-state index contributed by atoms with van der Waals surface area (Å²) in [6.45, 7) is 3.26. The van der Waals surface area contributed by atoms with Gasteiger partial charge in [-0.2, -0.15) is 0 Å². The number of carbonyl (C=O) groups is 1. The van der Waals surface area contributed by atoms with Crippen LogP contribution in [0.1, 0.15) is 13.3 Å². The van der Waals surface area contributed by atoms with Crippen LogP contribution in [-0.2, 0) is 14.8 Å². The Labute approximate surface area is 158 Å². The van der Waals surface area contributed by atoms with E-state index < -0.39 is 10.0 Å². The summed E-state index contributed by atoms with van der Waals surface area (Å²) in [5, 5.41) is 2.60. The fourth-order valence-electron chi connectivity index (χ4n) is 3.12. The topological polar surface area (TPSA) is 78.5 Å². The Morgan fingerprint density at radius 2 is 1.81 bits per heavy atom. The normalized spacial score (nSPS) is 17.1. The molecule has 0 aliphatic carbocycles. The van der Waals surface area contributed by atoms with E-state index in [1.165, 1.54) is 31.2 Å². The minimum absolute atomic E-state index is 0.157. The first-order valence-corrected chi connectivity index (χ1v) is 10.2. The molecule has 3 rings (SSSR count). The lowest BCUT2D eigenvalue weighted by Gasteiger charge is -2.19. The molecule has 1 fully saturated rings. The molecule has 2 aromatic rings. The maximum absolute atomic E-state index is 13.0. The van der Waals surface area contributed by atoms with Crippen molar-refractivity contribution in [1.29, 1.82) is 0 Å². The Bertz CT molecular complexity index is 899. The van der Waals surface area contributed by atoms with Gasteiger partial charge < -0.3 is 10.2 Å². The number of hydrogen-bond donors (Lipinski definition) is 2. The van der Waals surface area contributed by atoms with Crippen LogP contribution in [-0.4, -0.2) is 34.0 Å². The minimum atomic E-state index is -3.61. The van der Waals surface area contributed by atoms with Crippen LogP contribution in [0.4, 0.5) is 15.8 Å². The van der Waals surface area contributed by atoms with Crippen LogP contribution in [0.2, 0.25) is 0 Å². The highest BCUT2D eigenvalue weighted by Gasteiger charge is 2.24. The molecule has 0 aromatic heterocycles. The number of nitrogens with zero attached hydrogens (tertiary/aromatic N) is 1. The molecule has 1 amide bonds. The number of rotatable bonds is 6. The van der Waals surface area contributed by atoms with Gasteiger partial charge in [0, 0.05) is 37.9 Å². The molecule has 0 bridgehead atoms. The maximum Gasteiger partial charge on any atom is 0.240 e. The molecular weight excluding hydrogens is 369 g/mol. The van der Waals surface area contributed by atoms with E-state index in [0.717, 1.165) is 25.2 Å². The molecule has 1 unspecified atom stereocenters. The quantitative estimate of drug-likeness (QED) is 0.793. The fourth-order valence-corrected chi connectivity index (χ4v) is 4.23. The summed E-state index contributed by atoms with van der Waals surface area (Å²) >= 11 is 0. The Kier molecular flexibility index (Phi) is 5.76. The lowest BCUT2D eigenvalue weighted by molar-refractivity contribution is -0.114. The molecular formula is C19H22FN3O3S. The average molecular weight is 391 g/mol. The highest BCUT2D eigenvalue weighted by Crippen LogP contribution is 2.24. The van der Waals surface area contributed by atoms with E-state index in [9.17, 15) is 17.6 Å². The zero-order valence-corrected chi connectivity index (χ0v) is 15.8. The van der Waals surface area contributed by atoms with Gasteiger partial charge in [-0.05, 0) is 60.9 Å². The van der Waals surface area contributed by atoms with Gasteiger partial charge in [-0.15, -0.1) is 0 Å². The van der Waals surface area contributed by atoms with Crippen molar-refractivity contribution in [2.75, 3.05) is 29.9 Å². The van der Waals surface area contributed by atoms with Gasteiger partial charge in [0.15, 0.2) is 0 Å². The zero-order chi connectivity index (χ0) is 19.4. The number of hydrogen-bond acceptors (Lipinski definition) is 4. The van der Waals surface area contributed by atoms with Crippen LogP contribution in [0.5, 0.6) is 0 Å². The predicted octanol–water partition coefficient (Wildman–Crippen LogP) is 2.59. The molecule has 0 saturated carbocycles. The van der Waals surface area contributed by atoms with Gasteiger partial charge in [-0.1, -0.05) is 0 Å². The van der Waals surface area contributed by atoms with Gasteiger partial charge in [0.2, 0.25) is 15.9 Å². The Hall–Kier alpha value is -2.45. The second-order valence-electron chi connectivity index (χ2n) is 6.63. The van der Waals surface area contributed by atoms with E-state index in [4.69, 9.17) is 0 Å². The van der Waals surface area contributed by atoms with Crippen molar-refractivity contribution in [3.05, 3.63) is 54.3 Å². The largest absolute Gasteiger partial charge is 0.371 e. The second kappa shape index (κ2) is 8.06. The molecule has 27 heavy (non-hydrogen) atoms. The Morgan fingerprint density at radius 3 is 2.44 bits per heavy atom. The second-order valence-corrected chi connectivity index (χ2v) is 8.40. The smallest absolute Gasteiger partial charge is 0.240 e. The summed E-state index contributed by atoms with van der Waals surface area (Å²) in [6.07, 6.45) is 0.862. The molecule has 144 valence electrons. The first-order valence-electron chi connectivity index (χ1n) is 8.71. The van der Waals surface area contributed by atoms with Crippen molar-refractivity contribution in [2.45, 2.75) is 18.2 Å². The van der Waals surface area contributed by atoms with Crippen molar-refractivity contribution >= 4 is 27.3 Å². The highest BCUT2D eigenvalue weighted by molar-refractivity contribution is 7.89. The van der Waals surface area contributed by atoms with Gasteiger partial charge in [0.1, 0.15) is 5.82 Å². The summed E-state index contributed by atoms with van der Waals surface area (Å²) in [5.41, 5.74) is 1.49. The van der Waals surface area contributed by atoms with Crippen molar-refractivity contribution < 1.29 is 17.6 Å². The van der Waals surface area contributed by atoms with Gasteiger partial charge in [0.25, 0.3) is 0 Å². The van der Waals surface area contributed by atoms with Gasteiger partial charge in [-0.25, -0.2) is 17.5 Å². The third-order valence-electron chi connectivity index (χ3n) is 4.52. The Morgan fingerprint density at radius 1 is 1.15 bits per heavy atom. The number of nitrogens with one attached hydrogen (secondary N) is 2. The number of amides is 1. The summed E-state index contributed by atoms with van der Waals surface area (Å²) in [6, 6.07) is 12.4. The van der Waals surface area contributed by atoms with E-state index in [1.807, 2.05) is 0 Å². The molecule has 1 atom stereocenters. The van der Waals surface area contributed by atoms with E-state index in [1.54, 1.807) is 24.3 Å². The fraction of sp³-hybridized carbons (Fsp3) is 0.316. The molecule has 1 heterocycles. The molecule has 0 radical (unpaired) electrons. The SMILES string of the molecule is CC(=O)Nc1ccc(S(=O)(=O)NCC2CCN(c3ccc(F)cc3)C2)cc1. The number of anilines is 2. The monoisotopic (exact) mass is 391 g/mol. The van der Waals surface area contributed by atoms with Crippen LogP contribution in [0.3, 0.4) is 0 Å². The first kappa shape index (κ1) is 19.3. The van der Waals surface area contributed by atoms with Crippen LogP contribution in [0.15, 0.2) is 53.4 Å². The summed E-state index contributed by atoms with van der Waals surface area (Å²) in [4.78, 5) is 13.3. The third kappa shape index (κ3) is 5.05. The van der Waals surface area contributed by atoms with Crippen molar-refractivity contribution in [3.8, 4) is 0 Å². The molecule has 1 saturated heterocycles. The number of carbonyl (C=O) groups excluding carboxylic acids is 1. The Balaban J connectivity index is 1.56. The number of benzene rings is 2. The third-order valence-corrected chi connectivity index (χ3v) is 5.96. The zero-order valence-electron chi connectivity index (χ0n) is 15.0. The van der Waals surface area contributed by atoms with E-state index in [2.05, 4.69) is 14.9 Å². The molecule has 1 aliphatic rings. The first-order chi connectivity index (χ1) is 12.8. The maximum atomic E-state index is 13.0. The molecule has 2 N–H and O–H groups in total. The van der Waals surface area contributed by atoms with E-state index in [0.29, 0.717) is 12.2 Å². The average Bonchev–Trinajstić information content (AvgIpc) is 3.10. The van der Waals surface area contributed by atoms with Crippen molar-refractivity contribution in [3.63, 3.8) is 0 Å². The molecule has 6 nitrogen and oxygen atoms in total.